The molecule has 0 fully saturated rings. The molecule has 0 bridgehead atoms. The van der Waals surface area contributed by atoms with Crippen LogP contribution in [0.4, 0.5) is 0 Å². The Kier molecular flexibility index (Phi) is 13.8. The van der Waals surface area contributed by atoms with Crippen LogP contribution in [0, 0.1) is 5.92 Å². The van der Waals surface area contributed by atoms with E-state index in [0.717, 1.165) is 5.92 Å². The van der Waals surface area contributed by atoms with Crippen LogP contribution in [0.5, 0.6) is 0 Å². The minimum atomic E-state index is 0.774. The van der Waals surface area contributed by atoms with Gasteiger partial charge >= 0.3 is 0 Å². The molecule has 0 unspecified atom stereocenters. The van der Waals surface area contributed by atoms with Crippen LogP contribution < -0.4 is 5.32 Å². The smallest absolute Gasteiger partial charge is 0.0109 e. The number of likely N-dealkylation sites (N-methyl/N-ethyl adjacent to an activating group) is 1. The Bertz CT molecular complexity index is 193. The van der Waals surface area contributed by atoms with E-state index in [2.05, 4.69) is 50.0 Å². The van der Waals surface area contributed by atoms with Crippen LogP contribution in [0.3, 0.4) is 0 Å². The number of unbranched alkanes of at least 4 members (excludes halogenated alkanes) is 3. The van der Waals surface area contributed by atoms with Gasteiger partial charge in [-0.2, -0.15) is 0 Å². The van der Waals surface area contributed by atoms with E-state index >= 15 is 0 Å². The third kappa shape index (κ3) is 14.3. The molecule has 20 heavy (non-hydrogen) atoms. The van der Waals surface area contributed by atoms with Crippen LogP contribution in [-0.2, 0) is 0 Å². The van der Waals surface area contributed by atoms with Gasteiger partial charge in [0.25, 0.3) is 0 Å². The zero-order valence-electron chi connectivity index (χ0n) is 14.7. The third-order valence-corrected chi connectivity index (χ3v) is 3.49. The topological polar surface area (TPSA) is 18.5 Å². The van der Waals surface area contributed by atoms with Gasteiger partial charge in [0.2, 0.25) is 0 Å². The van der Waals surface area contributed by atoms with Gasteiger partial charge in [0.15, 0.2) is 0 Å². The lowest BCUT2D eigenvalue weighted by atomic mass is 10.1. The molecule has 0 saturated heterocycles. The highest BCUT2D eigenvalue weighted by Gasteiger charge is 2.07. The summed E-state index contributed by atoms with van der Waals surface area (Å²) in [5, 5.41) is 3.48. The fourth-order valence-corrected chi connectivity index (χ4v) is 2.39. The van der Waals surface area contributed by atoms with Crippen molar-refractivity contribution in [2.24, 2.45) is 5.92 Å². The summed E-state index contributed by atoms with van der Waals surface area (Å²) in [7, 11) is 4.33. The molecule has 0 saturated carbocycles. The molecule has 0 aliphatic rings. The van der Waals surface area contributed by atoms with Gasteiger partial charge < -0.3 is 15.1 Å². The molecule has 0 aromatic carbocycles. The van der Waals surface area contributed by atoms with E-state index in [1.165, 1.54) is 71.4 Å². The van der Waals surface area contributed by atoms with Crippen molar-refractivity contribution in [1.82, 2.24) is 15.1 Å². The maximum absolute atomic E-state index is 3.48. The molecule has 0 amide bonds. The second-order valence-corrected chi connectivity index (χ2v) is 6.66. The number of hydrogen-bond donors (Lipinski definition) is 1. The van der Waals surface area contributed by atoms with Crippen molar-refractivity contribution in [3.63, 3.8) is 0 Å². The number of nitrogens with one attached hydrogen (secondary N) is 1. The van der Waals surface area contributed by atoms with Gasteiger partial charge in [-0.25, -0.2) is 0 Å². The minimum absolute atomic E-state index is 0.774. The quantitative estimate of drug-likeness (QED) is 0.495. The molecule has 1 N–H and O–H groups in total. The molecule has 0 aromatic heterocycles. The fourth-order valence-electron chi connectivity index (χ4n) is 2.39. The van der Waals surface area contributed by atoms with Crippen LogP contribution in [0.1, 0.15) is 52.9 Å². The van der Waals surface area contributed by atoms with Crippen LogP contribution in [0.25, 0.3) is 0 Å². The van der Waals surface area contributed by atoms with Crippen molar-refractivity contribution in [2.75, 3.05) is 53.4 Å². The third-order valence-electron chi connectivity index (χ3n) is 3.49. The zero-order chi connectivity index (χ0) is 15.2. The zero-order valence-corrected chi connectivity index (χ0v) is 14.7. The van der Waals surface area contributed by atoms with Gasteiger partial charge in [0, 0.05) is 19.6 Å². The van der Waals surface area contributed by atoms with Crippen molar-refractivity contribution in [1.29, 1.82) is 0 Å². The van der Waals surface area contributed by atoms with Crippen molar-refractivity contribution >= 4 is 0 Å². The summed E-state index contributed by atoms with van der Waals surface area (Å²) in [6, 6.07) is 0. The summed E-state index contributed by atoms with van der Waals surface area (Å²) in [4.78, 5) is 4.92. The van der Waals surface area contributed by atoms with E-state index in [1.54, 1.807) is 0 Å². The lowest BCUT2D eigenvalue weighted by molar-refractivity contribution is 0.215. The Hall–Kier alpha value is -0.120. The highest BCUT2D eigenvalue weighted by Crippen LogP contribution is 2.04. The number of rotatable bonds is 14. The second kappa shape index (κ2) is 13.8. The molecule has 0 spiro atoms. The number of nitrogens with zero attached hydrogens (tertiary/aromatic N) is 2. The van der Waals surface area contributed by atoms with Gasteiger partial charge in [0.1, 0.15) is 0 Å². The van der Waals surface area contributed by atoms with E-state index in [0.29, 0.717) is 0 Å². The summed E-state index contributed by atoms with van der Waals surface area (Å²) in [5.74, 6) is 0.774. The normalized spacial score (nSPS) is 12.0. The molecule has 3 heteroatoms. The number of hydrogen-bond acceptors (Lipinski definition) is 3. The van der Waals surface area contributed by atoms with E-state index in [1.807, 2.05) is 0 Å². The molecule has 0 atom stereocenters. The first-order valence-electron chi connectivity index (χ1n) is 8.64. The van der Waals surface area contributed by atoms with E-state index in [-0.39, 0.29) is 0 Å². The molecule has 0 heterocycles. The summed E-state index contributed by atoms with van der Waals surface area (Å²) < 4.78 is 0. The highest BCUT2D eigenvalue weighted by molar-refractivity contribution is 4.62. The Morgan fingerprint density at radius 1 is 0.850 bits per heavy atom. The SMILES string of the molecule is CCCNCCCCCCN(CCN(C)C)CC(C)C. The first-order chi connectivity index (χ1) is 9.56. The Morgan fingerprint density at radius 3 is 2.15 bits per heavy atom. The molecule has 122 valence electrons. The molecule has 0 aliphatic heterocycles. The van der Waals surface area contributed by atoms with Gasteiger partial charge in [-0.1, -0.05) is 33.6 Å². The van der Waals surface area contributed by atoms with Crippen molar-refractivity contribution in [3.8, 4) is 0 Å². The summed E-state index contributed by atoms with van der Waals surface area (Å²) >= 11 is 0. The first kappa shape index (κ1) is 19.9. The van der Waals surface area contributed by atoms with Gasteiger partial charge in [-0.05, 0) is 58.9 Å². The van der Waals surface area contributed by atoms with E-state index in [9.17, 15) is 0 Å². The predicted molar refractivity (Wildman–Crippen MR) is 91.5 cm³/mol. The Labute approximate surface area is 128 Å². The van der Waals surface area contributed by atoms with Gasteiger partial charge in [0.05, 0.1) is 0 Å². The van der Waals surface area contributed by atoms with E-state index in [4.69, 9.17) is 0 Å². The second-order valence-electron chi connectivity index (χ2n) is 6.66. The molecular weight excluding hydrogens is 246 g/mol. The van der Waals surface area contributed by atoms with Crippen LogP contribution in [-0.4, -0.2) is 63.2 Å². The monoisotopic (exact) mass is 285 g/mol. The average Bonchev–Trinajstić information content (AvgIpc) is 2.38. The Morgan fingerprint density at radius 2 is 1.55 bits per heavy atom. The molecule has 0 aliphatic carbocycles. The standard InChI is InChI=1S/C17H39N3/c1-6-11-18-12-9-7-8-10-13-20(16-17(2)3)15-14-19(4)5/h17-18H,6-16H2,1-5H3. The molecule has 0 radical (unpaired) electrons. The maximum Gasteiger partial charge on any atom is 0.0109 e. The fraction of sp³-hybridized carbons (Fsp3) is 1.00. The van der Waals surface area contributed by atoms with Gasteiger partial charge in [-0.3, -0.25) is 0 Å². The minimum Gasteiger partial charge on any atom is -0.317 e. The van der Waals surface area contributed by atoms with E-state index < -0.39 is 0 Å². The highest BCUT2D eigenvalue weighted by atomic mass is 15.2. The predicted octanol–water partition coefficient (Wildman–Crippen LogP) is 3.07. The maximum atomic E-state index is 3.48. The summed E-state index contributed by atoms with van der Waals surface area (Å²) in [5.41, 5.74) is 0. The van der Waals surface area contributed by atoms with Crippen molar-refractivity contribution < 1.29 is 0 Å². The van der Waals surface area contributed by atoms with Crippen LogP contribution >= 0.6 is 0 Å². The lowest BCUT2D eigenvalue weighted by Crippen LogP contribution is -2.35. The summed E-state index contributed by atoms with van der Waals surface area (Å²) in [6.07, 6.45) is 6.69. The first-order valence-corrected chi connectivity index (χ1v) is 8.64. The molecule has 0 aromatic rings. The van der Waals surface area contributed by atoms with Crippen molar-refractivity contribution in [2.45, 2.75) is 52.9 Å². The Balaban J connectivity index is 3.57. The molecule has 0 rings (SSSR count). The lowest BCUT2D eigenvalue weighted by Gasteiger charge is -2.25. The average molecular weight is 286 g/mol. The van der Waals surface area contributed by atoms with Crippen molar-refractivity contribution in [3.05, 3.63) is 0 Å². The molecular formula is C17H39N3. The van der Waals surface area contributed by atoms with Gasteiger partial charge in [-0.15, -0.1) is 0 Å². The molecule has 3 nitrogen and oxygen atoms in total. The largest absolute Gasteiger partial charge is 0.317 e. The van der Waals surface area contributed by atoms with Crippen LogP contribution in [0.2, 0.25) is 0 Å². The summed E-state index contributed by atoms with van der Waals surface area (Å²) in [6.45, 7) is 14.1. The van der Waals surface area contributed by atoms with Crippen LogP contribution in [0.15, 0.2) is 0 Å².